The summed E-state index contributed by atoms with van der Waals surface area (Å²) < 4.78 is 5.80. The number of nitrogens with one attached hydrogen (secondary N) is 1. The number of carbonyl (C=O) groups is 1. The predicted octanol–water partition coefficient (Wildman–Crippen LogP) is 2.76. The van der Waals surface area contributed by atoms with Gasteiger partial charge in [-0.15, -0.1) is 0 Å². The number of hydrogen-bond acceptors (Lipinski definition) is 4. The molecule has 5 heteroatoms. The lowest BCUT2D eigenvalue weighted by atomic mass is 10.2. The van der Waals surface area contributed by atoms with Crippen LogP contribution in [0.2, 0.25) is 0 Å². The molecule has 0 spiro atoms. The first-order valence-corrected chi connectivity index (χ1v) is 8.05. The maximum atomic E-state index is 11.7. The van der Waals surface area contributed by atoms with Crippen molar-refractivity contribution in [2.75, 3.05) is 23.3 Å². The Balaban J connectivity index is 1.40. The topological polar surface area (TPSA) is 54.5 Å². The summed E-state index contributed by atoms with van der Waals surface area (Å²) in [7, 11) is 0. The molecule has 0 unspecified atom stereocenters. The molecule has 0 aliphatic carbocycles. The van der Waals surface area contributed by atoms with Crippen LogP contribution in [0.1, 0.15) is 24.1 Å². The third kappa shape index (κ3) is 2.86. The van der Waals surface area contributed by atoms with Gasteiger partial charge in [-0.3, -0.25) is 4.79 Å². The van der Waals surface area contributed by atoms with Crippen LogP contribution >= 0.6 is 0 Å². The quantitative estimate of drug-likeness (QED) is 0.943. The van der Waals surface area contributed by atoms with Crippen molar-refractivity contribution in [2.24, 2.45) is 0 Å². The second-order valence-electron chi connectivity index (χ2n) is 5.92. The van der Waals surface area contributed by atoms with Crippen LogP contribution in [0.15, 0.2) is 36.4 Å². The van der Waals surface area contributed by atoms with E-state index in [4.69, 9.17) is 4.74 Å². The average Bonchev–Trinajstić information content (AvgIpc) is 3.21. The smallest absolute Gasteiger partial charge is 0.227 e. The monoisotopic (exact) mass is 309 g/mol. The molecule has 1 saturated heterocycles. The van der Waals surface area contributed by atoms with E-state index >= 15 is 0 Å². The fourth-order valence-electron chi connectivity index (χ4n) is 3.08. The lowest BCUT2D eigenvalue weighted by molar-refractivity contribution is -0.117. The van der Waals surface area contributed by atoms with Gasteiger partial charge in [0, 0.05) is 25.2 Å². The number of aromatic nitrogens is 1. The van der Waals surface area contributed by atoms with Crippen LogP contribution in [0.3, 0.4) is 0 Å². The summed E-state index contributed by atoms with van der Waals surface area (Å²) in [4.78, 5) is 18.1. The number of rotatable bonds is 4. The molecule has 4 rings (SSSR count). The van der Waals surface area contributed by atoms with Crippen LogP contribution in [-0.2, 0) is 17.8 Å². The lowest BCUT2D eigenvalue weighted by Gasteiger charge is -2.16. The molecule has 1 aromatic heterocycles. The molecule has 2 aromatic rings. The van der Waals surface area contributed by atoms with E-state index in [9.17, 15) is 4.79 Å². The van der Waals surface area contributed by atoms with Gasteiger partial charge < -0.3 is 15.0 Å². The van der Waals surface area contributed by atoms with Crippen molar-refractivity contribution in [2.45, 2.75) is 25.9 Å². The largest absolute Gasteiger partial charge is 0.487 e. The van der Waals surface area contributed by atoms with Crippen molar-refractivity contribution in [3.05, 3.63) is 47.7 Å². The second-order valence-corrected chi connectivity index (χ2v) is 5.92. The normalized spacial score (nSPS) is 16.3. The van der Waals surface area contributed by atoms with E-state index in [2.05, 4.69) is 16.4 Å². The van der Waals surface area contributed by atoms with Crippen molar-refractivity contribution in [1.29, 1.82) is 0 Å². The van der Waals surface area contributed by atoms with E-state index in [1.54, 1.807) is 0 Å². The number of carbonyl (C=O) groups excluding carboxylic acids is 1. The van der Waals surface area contributed by atoms with Gasteiger partial charge in [-0.2, -0.15) is 0 Å². The van der Waals surface area contributed by atoms with E-state index in [0.717, 1.165) is 48.9 Å². The van der Waals surface area contributed by atoms with Gasteiger partial charge in [0.25, 0.3) is 0 Å². The first kappa shape index (κ1) is 14.1. The fraction of sp³-hybridized carbons (Fsp3) is 0.333. The van der Waals surface area contributed by atoms with Gasteiger partial charge in [-0.25, -0.2) is 4.98 Å². The molecule has 1 fully saturated rings. The standard InChI is InChI=1S/C18H19N3O2/c22-17-2-1-11-21(17)15-5-7-16(8-6-15)23-12-14-4-3-13-9-10-19-18(13)20-14/h3-8H,1-2,9-12H2,(H,19,20). The molecule has 1 N–H and O–H groups in total. The maximum Gasteiger partial charge on any atom is 0.227 e. The Labute approximate surface area is 135 Å². The Bertz CT molecular complexity index is 728. The minimum atomic E-state index is 0.202. The molecule has 0 radical (unpaired) electrons. The molecular formula is C18H19N3O2. The van der Waals surface area contributed by atoms with Gasteiger partial charge in [0.15, 0.2) is 0 Å². The zero-order chi connectivity index (χ0) is 15.6. The van der Waals surface area contributed by atoms with Gasteiger partial charge in [0.05, 0.1) is 5.69 Å². The number of amides is 1. The highest BCUT2D eigenvalue weighted by Crippen LogP contribution is 2.25. The Morgan fingerprint density at radius 3 is 2.78 bits per heavy atom. The van der Waals surface area contributed by atoms with Gasteiger partial charge in [0.2, 0.25) is 5.91 Å². The summed E-state index contributed by atoms with van der Waals surface area (Å²) in [5.74, 6) is 1.97. The number of pyridine rings is 1. The van der Waals surface area contributed by atoms with Crippen LogP contribution in [0.5, 0.6) is 5.75 Å². The predicted molar refractivity (Wildman–Crippen MR) is 88.8 cm³/mol. The number of nitrogens with zero attached hydrogens (tertiary/aromatic N) is 2. The van der Waals surface area contributed by atoms with Gasteiger partial charge in [-0.05, 0) is 48.7 Å². The van der Waals surface area contributed by atoms with E-state index in [1.807, 2.05) is 35.2 Å². The molecule has 2 aliphatic rings. The van der Waals surface area contributed by atoms with Crippen LogP contribution in [0.4, 0.5) is 11.5 Å². The third-order valence-corrected chi connectivity index (χ3v) is 4.33. The second kappa shape index (κ2) is 5.91. The van der Waals surface area contributed by atoms with E-state index < -0.39 is 0 Å². The highest BCUT2D eigenvalue weighted by molar-refractivity contribution is 5.95. The molecule has 118 valence electrons. The van der Waals surface area contributed by atoms with Gasteiger partial charge in [-0.1, -0.05) is 6.07 Å². The highest BCUT2D eigenvalue weighted by atomic mass is 16.5. The number of benzene rings is 1. The first-order valence-electron chi connectivity index (χ1n) is 8.05. The SMILES string of the molecule is O=C1CCCN1c1ccc(OCc2ccc3c(n2)NCC3)cc1. The maximum absolute atomic E-state index is 11.7. The molecule has 3 heterocycles. The average molecular weight is 309 g/mol. The third-order valence-electron chi connectivity index (χ3n) is 4.33. The summed E-state index contributed by atoms with van der Waals surface area (Å²) in [5, 5.41) is 3.28. The van der Waals surface area contributed by atoms with Crippen LogP contribution in [0, 0.1) is 0 Å². The van der Waals surface area contributed by atoms with Crippen LogP contribution in [0.25, 0.3) is 0 Å². The van der Waals surface area contributed by atoms with Crippen LogP contribution < -0.4 is 15.0 Å². The highest BCUT2D eigenvalue weighted by Gasteiger charge is 2.21. The Kier molecular flexibility index (Phi) is 3.61. The zero-order valence-electron chi connectivity index (χ0n) is 12.9. The summed E-state index contributed by atoms with van der Waals surface area (Å²) in [6.07, 6.45) is 2.63. The lowest BCUT2D eigenvalue weighted by Crippen LogP contribution is -2.23. The Hall–Kier alpha value is -2.56. The molecule has 0 atom stereocenters. The molecule has 1 amide bonds. The van der Waals surface area contributed by atoms with E-state index in [-0.39, 0.29) is 5.91 Å². The minimum Gasteiger partial charge on any atom is -0.487 e. The summed E-state index contributed by atoms with van der Waals surface area (Å²) >= 11 is 0. The molecule has 5 nitrogen and oxygen atoms in total. The molecular weight excluding hydrogens is 290 g/mol. The van der Waals surface area contributed by atoms with Crippen molar-refractivity contribution in [3.8, 4) is 5.75 Å². The zero-order valence-corrected chi connectivity index (χ0v) is 12.9. The van der Waals surface area contributed by atoms with E-state index in [1.165, 1.54) is 5.56 Å². The fourth-order valence-corrected chi connectivity index (χ4v) is 3.08. The molecule has 23 heavy (non-hydrogen) atoms. The summed E-state index contributed by atoms with van der Waals surface area (Å²) in [6.45, 7) is 2.21. The Morgan fingerprint density at radius 2 is 2.00 bits per heavy atom. The minimum absolute atomic E-state index is 0.202. The molecule has 0 saturated carbocycles. The number of fused-ring (bicyclic) bond motifs is 1. The van der Waals surface area contributed by atoms with E-state index in [0.29, 0.717) is 13.0 Å². The van der Waals surface area contributed by atoms with Crippen molar-refractivity contribution >= 4 is 17.4 Å². The number of hydrogen-bond donors (Lipinski definition) is 1. The first-order chi connectivity index (χ1) is 11.3. The van der Waals surface area contributed by atoms with Gasteiger partial charge in [0.1, 0.15) is 18.2 Å². The molecule has 0 bridgehead atoms. The van der Waals surface area contributed by atoms with Crippen molar-refractivity contribution in [3.63, 3.8) is 0 Å². The van der Waals surface area contributed by atoms with Crippen molar-refractivity contribution < 1.29 is 9.53 Å². The molecule has 1 aromatic carbocycles. The van der Waals surface area contributed by atoms with Crippen molar-refractivity contribution in [1.82, 2.24) is 4.98 Å². The summed E-state index contributed by atoms with van der Waals surface area (Å²) in [6, 6.07) is 11.8. The summed E-state index contributed by atoms with van der Waals surface area (Å²) in [5.41, 5.74) is 3.13. The Morgan fingerprint density at radius 1 is 1.13 bits per heavy atom. The molecule has 2 aliphatic heterocycles. The number of anilines is 2. The number of ether oxygens (including phenoxy) is 1. The van der Waals surface area contributed by atoms with Gasteiger partial charge >= 0.3 is 0 Å². The van der Waals surface area contributed by atoms with Crippen LogP contribution in [-0.4, -0.2) is 24.0 Å².